The van der Waals surface area contributed by atoms with Crippen molar-refractivity contribution in [3.8, 4) is 0 Å². The summed E-state index contributed by atoms with van der Waals surface area (Å²) in [6, 6.07) is -0.850. The van der Waals surface area contributed by atoms with Crippen LogP contribution in [0.15, 0.2) is 12.2 Å². The van der Waals surface area contributed by atoms with Crippen molar-refractivity contribution in [3.05, 3.63) is 22.3 Å². The van der Waals surface area contributed by atoms with E-state index in [9.17, 15) is 14.9 Å². The van der Waals surface area contributed by atoms with Gasteiger partial charge in [-0.25, -0.2) is 4.79 Å². The van der Waals surface area contributed by atoms with Gasteiger partial charge in [0.1, 0.15) is 0 Å². The number of rotatable bonds is 5. The second kappa shape index (κ2) is 6.09. The molecule has 2 atom stereocenters. The predicted octanol–water partition coefficient (Wildman–Crippen LogP) is 0.396. The first-order chi connectivity index (χ1) is 6.52. The van der Waals surface area contributed by atoms with E-state index in [4.69, 9.17) is 4.74 Å². The van der Waals surface area contributed by atoms with Gasteiger partial charge in [0, 0.05) is 19.0 Å². The molecule has 0 aliphatic heterocycles. The Morgan fingerprint density at radius 1 is 1.43 bits per heavy atom. The number of nitro groups is 1. The van der Waals surface area contributed by atoms with E-state index in [1.165, 1.54) is 33.3 Å². The van der Waals surface area contributed by atoms with Gasteiger partial charge in [0.15, 0.2) is 6.10 Å². The molecule has 0 bridgehead atoms. The molecule has 0 rings (SSSR count). The molecule has 6 heteroatoms. The summed E-state index contributed by atoms with van der Waals surface area (Å²) in [6.45, 7) is 1.40. The third-order valence-electron chi connectivity index (χ3n) is 1.58. The Labute approximate surface area is 81.6 Å². The lowest BCUT2D eigenvalue weighted by atomic mass is 10.2. The Bertz CT molecular complexity index is 238. The van der Waals surface area contributed by atoms with Crippen molar-refractivity contribution < 1.29 is 19.2 Å². The van der Waals surface area contributed by atoms with E-state index < -0.39 is 23.0 Å². The summed E-state index contributed by atoms with van der Waals surface area (Å²) in [5, 5.41) is 10.2. The lowest BCUT2D eigenvalue weighted by Gasteiger charge is -2.07. The lowest BCUT2D eigenvalue weighted by molar-refractivity contribution is -0.504. The van der Waals surface area contributed by atoms with E-state index in [-0.39, 0.29) is 0 Å². The molecule has 0 unspecified atom stereocenters. The molecule has 0 fully saturated rings. The first-order valence-electron chi connectivity index (χ1n) is 3.95. The summed E-state index contributed by atoms with van der Waals surface area (Å²) in [4.78, 5) is 20.7. The van der Waals surface area contributed by atoms with Gasteiger partial charge in [-0.3, -0.25) is 10.1 Å². The van der Waals surface area contributed by atoms with Gasteiger partial charge in [-0.05, 0) is 12.2 Å². The third-order valence-corrected chi connectivity index (χ3v) is 1.58. The zero-order valence-electron chi connectivity index (χ0n) is 8.30. The number of methoxy groups -OCH3 is 2. The number of esters is 1. The molecule has 0 aromatic carbocycles. The van der Waals surface area contributed by atoms with Gasteiger partial charge in [0.2, 0.25) is 6.04 Å². The molecule has 0 aliphatic rings. The molecule has 0 aliphatic carbocycles. The smallest absolute Gasteiger partial charge is 0.339 e. The molecule has 0 N–H and O–H groups in total. The molecule has 0 aromatic rings. The number of hydrogen-bond acceptors (Lipinski definition) is 5. The van der Waals surface area contributed by atoms with Crippen molar-refractivity contribution >= 4 is 5.97 Å². The summed E-state index contributed by atoms with van der Waals surface area (Å²) in [6.07, 6.45) is 1.70. The highest BCUT2D eigenvalue weighted by Crippen LogP contribution is 1.98. The van der Waals surface area contributed by atoms with Crippen LogP contribution in [0.25, 0.3) is 0 Å². The molecule has 0 aromatic heterocycles. The molecule has 80 valence electrons. The molecule has 0 amide bonds. The van der Waals surface area contributed by atoms with Crippen LogP contribution in [0.1, 0.15) is 6.92 Å². The summed E-state index contributed by atoms with van der Waals surface area (Å²) in [5.74, 6) is -0.584. The third kappa shape index (κ3) is 3.99. The Kier molecular flexibility index (Phi) is 5.47. The quantitative estimate of drug-likeness (QED) is 0.279. The maximum Gasteiger partial charge on any atom is 0.339 e. The highest BCUT2D eigenvalue weighted by Gasteiger charge is 2.16. The molecule has 6 nitrogen and oxygen atoms in total. The van der Waals surface area contributed by atoms with Gasteiger partial charge in [0.25, 0.3) is 0 Å². The summed E-state index contributed by atoms with van der Waals surface area (Å²) in [7, 11) is 2.54. The molecule has 0 spiro atoms. The number of carbonyl (C=O) groups is 1. The highest BCUT2D eigenvalue weighted by molar-refractivity contribution is 5.76. The zero-order valence-corrected chi connectivity index (χ0v) is 8.30. The Balaban J connectivity index is 4.31. The second-order valence-electron chi connectivity index (χ2n) is 2.59. The summed E-state index contributed by atoms with van der Waals surface area (Å²) >= 11 is 0. The van der Waals surface area contributed by atoms with Gasteiger partial charge in [0.05, 0.1) is 7.11 Å². The van der Waals surface area contributed by atoms with Crippen molar-refractivity contribution in [2.75, 3.05) is 14.2 Å². The summed E-state index contributed by atoms with van der Waals surface area (Å²) in [5.41, 5.74) is 0. The SMILES string of the molecule is COC(=O)[C@H](/C=C/[C@H](C)[N+](=O)[O-])OC. The maximum atomic E-state index is 11.0. The van der Waals surface area contributed by atoms with E-state index in [2.05, 4.69) is 4.74 Å². The van der Waals surface area contributed by atoms with Crippen LogP contribution in [0.4, 0.5) is 0 Å². The standard InChI is InChI=1S/C8H13NO5/c1-6(9(11)12)4-5-7(13-2)8(10)14-3/h4-7H,1-3H3/b5-4+/t6-,7-/m0/s1. The fraction of sp³-hybridized carbons (Fsp3) is 0.625. The minimum atomic E-state index is -0.887. The number of ether oxygens (including phenoxy) is 2. The van der Waals surface area contributed by atoms with E-state index in [0.29, 0.717) is 0 Å². The largest absolute Gasteiger partial charge is 0.467 e. The molecule has 14 heavy (non-hydrogen) atoms. The normalized spacial score (nSPS) is 15.1. The van der Waals surface area contributed by atoms with Crippen LogP contribution in [-0.2, 0) is 14.3 Å². The van der Waals surface area contributed by atoms with Crippen LogP contribution in [0.5, 0.6) is 0 Å². The molecule has 0 saturated carbocycles. The molecule has 0 saturated heterocycles. The average molecular weight is 203 g/mol. The monoisotopic (exact) mass is 203 g/mol. The van der Waals surface area contributed by atoms with Gasteiger partial charge in [-0.15, -0.1) is 0 Å². The van der Waals surface area contributed by atoms with Crippen molar-refractivity contribution in [3.63, 3.8) is 0 Å². The molecular formula is C8H13NO5. The fourth-order valence-electron chi connectivity index (χ4n) is 0.702. The molecular weight excluding hydrogens is 190 g/mol. The van der Waals surface area contributed by atoms with Crippen molar-refractivity contribution in [1.82, 2.24) is 0 Å². The van der Waals surface area contributed by atoms with Crippen LogP contribution < -0.4 is 0 Å². The van der Waals surface area contributed by atoms with Crippen LogP contribution in [-0.4, -0.2) is 37.3 Å². The van der Waals surface area contributed by atoms with Gasteiger partial charge >= 0.3 is 5.97 Å². The van der Waals surface area contributed by atoms with Crippen LogP contribution in [0, 0.1) is 10.1 Å². The van der Waals surface area contributed by atoms with E-state index >= 15 is 0 Å². The summed E-state index contributed by atoms with van der Waals surface area (Å²) < 4.78 is 9.16. The van der Waals surface area contributed by atoms with Crippen LogP contribution in [0.3, 0.4) is 0 Å². The zero-order chi connectivity index (χ0) is 11.1. The first kappa shape index (κ1) is 12.6. The van der Waals surface area contributed by atoms with Crippen LogP contribution >= 0.6 is 0 Å². The topological polar surface area (TPSA) is 78.7 Å². The van der Waals surface area contributed by atoms with E-state index in [1.807, 2.05) is 0 Å². The maximum absolute atomic E-state index is 11.0. The van der Waals surface area contributed by atoms with E-state index in [1.54, 1.807) is 0 Å². The fourth-order valence-corrected chi connectivity index (χ4v) is 0.702. The number of carbonyl (C=O) groups excluding carboxylic acids is 1. The van der Waals surface area contributed by atoms with E-state index in [0.717, 1.165) is 0 Å². The highest BCUT2D eigenvalue weighted by atomic mass is 16.6. The lowest BCUT2D eigenvalue weighted by Crippen LogP contribution is -2.23. The Morgan fingerprint density at radius 3 is 2.36 bits per heavy atom. The number of hydrogen-bond donors (Lipinski definition) is 0. The van der Waals surface area contributed by atoms with Crippen LogP contribution in [0.2, 0.25) is 0 Å². The molecule has 0 radical (unpaired) electrons. The van der Waals surface area contributed by atoms with Crippen molar-refractivity contribution in [2.45, 2.75) is 19.1 Å². The second-order valence-corrected chi connectivity index (χ2v) is 2.59. The van der Waals surface area contributed by atoms with Gasteiger partial charge in [-0.1, -0.05) is 0 Å². The predicted molar refractivity (Wildman–Crippen MR) is 48.4 cm³/mol. The minimum Gasteiger partial charge on any atom is -0.467 e. The minimum absolute atomic E-state index is 0.472. The first-order valence-corrected chi connectivity index (χ1v) is 3.95. The van der Waals surface area contributed by atoms with Gasteiger partial charge < -0.3 is 9.47 Å². The Morgan fingerprint density at radius 2 is 2.00 bits per heavy atom. The van der Waals surface area contributed by atoms with Gasteiger partial charge in [-0.2, -0.15) is 0 Å². The average Bonchev–Trinajstić information content (AvgIpc) is 2.17. The Hall–Kier alpha value is -1.43. The van der Waals surface area contributed by atoms with Crippen molar-refractivity contribution in [2.24, 2.45) is 0 Å². The molecule has 0 heterocycles. The van der Waals surface area contributed by atoms with Crippen molar-refractivity contribution in [1.29, 1.82) is 0 Å². The number of nitrogens with zero attached hydrogens (tertiary/aromatic N) is 1.